The molecule has 0 aliphatic carbocycles. The van der Waals surface area contributed by atoms with Crippen LogP contribution in [0.4, 0.5) is 0 Å². The van der Waals surface area contributed by atoms with Crippen LogP contribution >= 0.6 is 11.5 Å². The van der Waals surface area contributed by atoms with E-state index in [0.29, 0.717) is 11.4 Å². The van der Waals surface area contributed by atoms with Crippen LogP contribution in [0.15, 0.2) is 30.5 Å². The number of hydrogen-bond acceptors (Lipinski definition) is 5. The normalized spacial score (nSPS) is 9.53. The minimum absolute atomic E-state index is 0.152. The first-order valence-electron chi connectivity index (χ1n) is 5.54. The fourth-order valence-corrected chi connectivity index (χ4v) is 1.82. The summed E-state index contributed by atoms with van der Waals surface area (Å²) in [5.74, 6) is 5.20. The maximum Gasteiger partial charge on any atom is 0.264 e. The van der Waals surface area contributed by atoms with Gasteiger partial charge in [0.15, 0.2) is 0 Å². The zero-order valence-corrected chi connectivity index (χ0v) is 10.8. The molecule has 0 saturated carbocycles. The molecule has 0 saturated heterocycles. The largest absolute Gasteiger partial charge is 0.384 e. The molecule has 0 aliphatic heterocycles. The molecular formula is C13H11N3O2S. The van der Waals surface area contributed by atoms with Crippen LogP contribution in [-0.2, 0) is 6.54 Å². The van der Waals surface area contributed by atoms with Gasteiger partial charge in [-0.3, -0.25) is 4.79 Å². The van der Waals surface area contributed by atoms with E-state index >= 15 is 0 Å². The molecule has 2 rings (SSSR count). The Balaban J connectivity index is 1.91. The number of aliphatic hydroxyl groups is 1. The van der Waals surface area contributed by atoms with Crippen LogP contribution in [0.3, 0.4) is 0 Å². The van der Waals surface area contributed by atoms with E-state index < -0.39 is 0 Å². The summed E-state index contributed by atoms with van der Waals surface area (Å²) >= 11 is 1.06. The number of aromatic nitrogens is 2. The third-order valence-electron chi connectivity index (χ3n) is 2.30. The molecule has 0 radical (unpaired) electrons. The van der Waals surface area contributed by atoms with Crippen molar-refractivity contribution >= 4 is 17.4 Å². The van der Waals surface area contributed by atoms with E-state index in [4.69, 9.17) is 5.11 Å². The Labute approximate surface area is 114 Å². The molecule has 0 fully saturated rings. The molecule has 1 aromatic heterocycles. The Hall–Kier alpha value is -2.23. The van der Waals surface area contributed by atoms with Crippen LogP contribution in [-0.4, -0.2) is 27.2 Å². The van der Waals surface area contributed by atoms with Gasteiger partial charge in [-0.05, 0) is 29.2 Å². The molecule has 1 amide bonds. The summed E-state index contributed by atoms with van der Waals surface area (Å²) < 4.78 is 3.63. The first kappa shape index (κ1) is 13.2. The van der Waals surface area contributed by atoms with Crippen molar-refractivity contribution in [3.63, 3.8) is 0 Å². The number of benzene rings is 1. The predicted octanol–water partition coefficient (Wildman–Crippen LogP) is 0.812. The van der Waals surface area contributed by atoms with Crippen molar-refractivity contribution in [1.82, 2.24) is 14.9 Å². The second-order valence-electron chi connectivity index (χ2n) is 3.62. The standard InChI is InChI=1S/C13H11N3O2S/c17-7-1-2-10-3-5-11(6-4-10)8-14-13(18)12-9-15-16-19-12/h3-6,9,17H,7-8H2,(H,14,18). The number of amides is 1. The molecule has 0 atom stereocenters. The summed E-state index contributed by atoms with van der Waals surface area (Å²) in [6.45, 7) is 0.283. The molecule has 0 aliphatic rings. The monoisotopic (exact) mass is 273 g/mol. The van der Waals surface area contributed by atoms with Crippen LogP contribution in [0.5, 0.6) is 0 Å². The van der Waals surface area contributed by atoms with E-state index in [-0.39, 0.29) is 12.5 Å². The quantitative estimate of drug-likeness (QED) is 0.812. The van der Waals surface area contributed by atoms with Gasteiger partial charge < -0.3 is 10.4 Å². The zero-order chi connectivity index (χ0) is 13.5. The average molecular weight is 273 g/mol. The lowest BCUT2D eigenvalue weighted by Gasteiger charge is -2.03. The van der Waals surface area contributed by atoms with Gasteiger partial charge in [0.1, 0.15) is 11.5 Å². The van der Waals surface area contributed by atoms with Gasteiger partial charge in [-0.25, -0.2) is 0 Å². The number of hydrogen-bond donors (Lipinski definition) is 2. The summed E-state index contributed by atoms with van der Waals surface area (Å²) in [5, 5.41) is 15.0. The van der Waals surface area contributed by atoms with Gasteiger partial charge in [-0.2, -0.15) is 0 Å². The van der Waals surface area contributed by atoms with Crippen molar-refractivity contribution in [2.24, 2.45) is 0 Å². The lowest BCUT2D eigenvalue weighted by molar-refractivity contribution is 0.0955. The Morgan fingerprint density at radius 1 is 1.37 bits per heavy atom. The van der Waals surface area contributed by atoms with Gasteiger partial charge >= 0.3 is 0 Å². The third kappa shape index (κ3) is 3.88. The highest BCUT2D eigenvalue weighted by Gasteiger charge is 2.07. The van der Waals surface area contributed by atoms with Crippen LogP contribution in [0, 0.1) is 11.8 Å². The molecule has 2 N–H and O–H groups in total. The fourth-order valence-electron chi connectivity index (χ4n) is 1.38. The topological polar surface area (TPSA) is 75.1 Å². The molecule has 2 aromatic rings. The average Bonchev–Trinajstić information content (AvgIpc) is 2.98. The second-order valence-corrected chi connectivity index (χ2v) is 4.41. The van der Waals surface area contributed by atoms with E-state index in [2.05, 4.69) is 26.7 Å². The highest BCUT2D eigenvalue weighted by Crippen LogP contribution is 2.05. The molecule has 19 heavy (non-hydrogen) atoms. The van der Waals surface area contributed by atoms with Crippen molar-refractivity contribution in [3.8, 4) is 11.8 Å². The van der Waals surface area contributed by atoms with E-state index in [1.54, 1.807) is 0 Å². The minimum atomic E-state index is -0.181. The molecular weight excluding hydrogens is 262 g/mol. The lowest BCUT2D eigenvalue weighted by atomic mass is 10.1. The first-order chi connectivity index (χ1) is 9.29. The molecule has 0 unspecified atom stereocenters. The molecule has 0 bridgehead atoms. The van der Waals surface area contributed by atoms with Crippen molar-refractivity contribution in [1.29, 1.82) is 0 Å². The Kier molecular flexibility index (Phi) is 4.61. The second kappa shape index (κ2) is 6.64. The van der Waals surface area contributed by atoms with Gasteiger partial charge in [-0.15, -0.1) is 5.10 Å². The first-order valence-corrected chi connectivity index (χ1v) is 6.31. The van der Waals surface area contributed by atoms with Gasteiger partial charge in [0.25, 0.3) is 5.91 Å². The smallest absolute Gasteiger partial charge is 0.264 e. The SMILES string of the molecule is O=C(NCc1ccc(C#CCO)cc1)c1cnns1. The highest BCUT2D eigenvalue weighted by atomic mass is 32.1. The van der Waals surface area contributed by atoms with E-state index in [1.165, 1.54) is 6.20 Å². The molecule has 6 heteroatoms. The highest BCUT2D eigenvalue weighted by molar-refractivity contribution is 7.07. The molecule has 0 spiro atoms. The number of carbonyl (C=O) groups excluding carboxylic acids is 1. The van der Waals surface area contributed by atoms with Crippen molar-refractivity contribution < 1.29 is 9.90 Å². The van der Waals surface area contributed by atoms with Gasteiger partial charge in [0, 0.05) is 12.1 Å². The Bertz CT molecular complexity index is 597. The van der Waals surface area contributed by atoms with Crippen molar-refractivity contribution in [3.05, 3.63) is 46.5 Å². The maximum atomic E-state index is 11.7. The number of nitrogens with zero attached hydrogens (tertiary/aromatic N) is 2. The molecule has 1 aromatic carbocycles. The van der Waals surface area contributed by atoms with Crippen molar-refractivity contribution in [2.45, 2.75) is 6.54 Å². The van der Waals surface area contributed by atoms with Crippen LogP contribution in [0.25, 0.3) is 0 Å². The third-order valence-corrected chi connectivity index (χ3v) is 2.97. The molecule has 96 valence electrons. The van der Waals surface area contributed by atoms with Gasteiger partial charge in [0.05, 0.1) is 6.20 Å². The van der Waals surface area contributed by atoms with Gasteiger partial charge in [-0.1, -0.05) is 28.5 Å². The minimum Gasteiger partial charge on any atom is -0.384 e. The van der Waals surface area contributed by atoms with Crippen LogP contribution in [0.1, 0.15) is 20.8 Å². The van der Waals surface area contributed by atoms with Crippen molar-refractivity contribution in [2.75, 3.05) is 6.61 Å². The lowest BCUT2D eigenvalue weighted by Crippen LogP contribution is -2.21. The van der Waals surface area contributed by atoms with Crippen LogP contribution in [0.2, 0.25) is 0 Å². The summed E-state index contributed by atoms with van der Waals surface area (Å²) in [6.07, 6.45) is 1.44. The van der Waals surface area contributed by atoms with E-state index in [9.17, 15) is 4.79 Å². The van der Waals surface area contributed by atoms with E-state index in [1.807, 2.05) is 24.3 Å². The summed E-state index contributed by atoms with van der Waals surface area (Å²) in [7, 11) is 0. The summed E-state index contributed by atoms with van der Waals surface area (Å²) in [4.78, 5) is 12.1. The van der Waals surface area contributed by atoms with Gasteiger partial charge in [0.2, 0.25) is 0 Å². The summed E-state index contributed by atoms with van der Waals surface area (Å²) in [5.41, 5.74) is 1.80. The summed E-state index contributed by atoms with van der Waals surface area (Å²) in [6, 6.07) is 7.45. The number of rotatable bonds is 3. The molecule has 1 heterocycles. The molecule has 5 nitrogen and oxygen atoms in total. The Morgan fingerprint density at radius 3 is 2.79 bits per heavy atom. The number of nitrogens with one attached hydrogen (secondary N) is 1. The van der Waals surface area contributed by atoms with E-state index in [0.717, 1.165) is 22.7 Å². The fraction of sp³-hybridized carbons (Fsp3) is 0.154. The predicted molar refractivity (Wildman–Crippen MR) is 71.5 cm³/mol. The number of aliphatic hydroxyl groups excluding tert-OH is 1. The zero-order valence-electron chi connectivity index (χ0n) is 9.96. The Morgan fingerprint density at radius 2 is 2.16 bits per heavy atom. The number of carbonyl (C=O) groups is 1. The maximum absolute atomic E-state index is 11.7. The van der Waals surface area contributed by atoms with Crippen LogP contribution < -0.4 is 5.32 Å².